The monoisotopic (exact) mass is 455 g/mol. The van der Waals surface area contributed by atoms with Gasteiger partial charge in [-0.05, 0) is 35.9 Å². The van der Waals surface area contributed by atoms with E-state index in [4.69, 9.17) is 10.5 Å². The molecule has 29 heavy (non-hydrogen) atoms. The highest BCUT2D eigenvalue weighted by atomic mass is 79.9. The van der Waals surface area contributed by atoms with E-state index >= 15 is 0 Å². The summed E-state index contributed by atoms with van der Waals surface area (Å²) in [5, 5.41) is 3.15. The van der Waals surface area contributed by atoms with Gasteiger partial charge in [-0.3, -0.25) is 4.57 Å². The average Bonchev–Trinajstić information content (AvgIpc) is 3.01. The molecule has 0 fully saturated rings. The Kier molecular flexibility index (Phi) is 5.17. The number of methoxy groups -OCH3 is 1. The molecule has 0 aliphatic heterocycles. The van der Waals surface area contributed by atoms with Crippen molar-refractivity contribution in [3.05, 3.63) is 68.8 Å². The Hall–Kier alpha value is -3.40. The maximum absolute atomic E-state index is 12.5. The second-order valence-electron chi connectivity index (χ2n) is 6.35. The summed E-state index contributed by atoms with van der Waals surface area (Å²) in [5.74, 6) is 1.54. The number of imidazole rings is 1. The SMILES string of the molecule is COc1ccc(Br)cc1Cn1c(=O)[nH]c2cnc(NCc3ccnc(N)c3)nc21. The van der Waals surface area contributed by atoms with Crippen molar-refractivity contribution in [3.63, 3.8) is 0 Å². The van der Waals surface area contributed by atoms with Crippen LogP contribution in [0.4, 0.5) is 11.8 Å². The molecule has 0 spiro atoms. The van der Waals surface area contributed by atoms with E-state index in [1.54, 1.807) is 30.1 Å². The highest BCUT2D eigenvalue weighted by Gasteiger charge is 2.13. The van der Waals surface area contributed by atoms with Crippen LogP contribution < -0.4 is 21.5 Å². The molecule has 4 N–H and O–H groups in total. The van der Waals surface area contributed by atoms with Gasteiger partial charge in [0, 0.05) is 22.8 Å². The molecular weight excluding hydrogens is 438 g/mol. The number of ether oxygens (including phenoxy) is 1. The fraction of sp³-hybridized carbons (Fsp3) is 0.158. The lowest BCUT2D eigenvalue weighted by Crippen LogP contribution is -2.18. The normalized spacial score (nSPS) is 11.0. The van der Waals surface area contributed by atoms with Crippen LogP contribution in [0.3, 0.4) is 0 Å². The number of aromatic nitrogens is 5. The minimum absolute atomic E-state index is 0.268. The molecule has 1 aromatic carbocycles. The van der Waals surface area contributed by atoms with Crippen molar-refractivity contribution in [1.29, 1.82) is 0 Å². The molecule has 0 saturated carbocycles. The van der Waals surface area contributed by atoms with Gasteiger partial charge in [0.15, 0.2) is 5.65 Å². The van der Waals surface area contributed by atoms with Gasteiger partial charge in [-0.1, -0.05) is 15.9 Å². The van der Waals surface area contributed by atoms with Crippen molar-refractivity contribution >= 4 is 38.9 Å². The molecule has 4 aromatic rings. The number of nitrogens with one attached hydrogen (secondary N) is 2. The van der Waals surface area contributed by atoms with E-state index in [1.165, 1.54) is 0 Å². The van der Waals surface area contributed by atoms with Gasteiger partial charge in [0.2, 0.25) is 5.95 Å². The second kappa shape index (κ2) is 7.92. The molecule has 0 aliphatic carbocycles. The van der Waals surface area contributed by atoms with Gasteiger partial charge in [-0.15, -0.1) is 0 Å². The molecule has 3 heterocycles. The van der Waals surface area contributed by atoms with Crippen molar-refractivity contribution < 1.29 is 4.74 Å². The number of pyridine rings is 1. The fourth-order valence-corrected chi connectivity index (χ4v) is 3.41. The first kappa shape index (κ1) is 18.9. The van der Waals surface area contributed by atoms with E-state index < -0.39 is 0 Å². The lowest BCUT2D eigenvalue weighted by Gasteiger charge is -2.10. The van der Waals surface area contributed by atoms with Crippen LogP contribution in [0.1, 0.15) is 11.1 Å². The summed E-state index contributed by atoms with van der Waals surface area (Å²) in [5.41, 5.74) is 8.30. The molecule has 0 atom stereocenters. The molecule has 0 bridgehead atoms. The van der Waals surface area contributed by atoms with Crippen molar-refractivity contribution in [3.8, 4) is 5.75 Å². The van der Waals surface area contributed by atoms with E-state index in [0.29, 0.717) is 41.8 Å². The molecule has 0 amide bonds. The number of fused-ring (bicyclic) bond motifs is 1. The highest BCUT2D eigenvalue weighted by Crippen LogP contribution is 2.24. The number of nitrogens with two attached hydrogens (primary N) is 1. The predicted molar refractivity (Wildman–Crippen MR) is 114 cm³/mol. The number of halogens is 1. The number of nitrogens with zero attached hydrogens (tertiary/aromatic N) is 4. The summed E-state index contributed by atoms with van der Waals surface area (Å²) >= 11 is 3.46. The number of hydrogen-bond acceptors (Lipinski definition) is 7. The molecule has 10 heteroatoms. The zero-order valence-electron chi connectivity index (χ0n) is 15.5. The van der Waals surface area contributed by atoms with Gasteiger partial charge in [0.1, 0.15) is 17.1 Å². The Morgan fingerprint density at radius 3 is 2.93 bits per heavy atom. The van der Waals surface area contributed by atoms with E-state index in [9.17, 15) is 4.79 Å². The lowest BCUT2D eigenvalue weighted by molar-refractivity contribution is 0.408. The van der Waals surface area contributed by atoms with Crippen molar-refractivity contribution in [1.82, 2.24) is 24.5 Å². The van der Waals surface area contributed by atoms with E-state index in [0.717, 1.165) is 15.6 Å². The molecule has 0 radical (unpaired) electrons. The minimum Gasteiger partial charge on any atom is -0.496 e. The number of aromatic amines is 1. The standard InChI is InChI=1S/C19H18BrN7O2/c1-29-15-3-2-13(20)7-12(15)10-27-17-14(25-19(27)28)9-24-18(26-17)23-8-11-4-5-22-16(21)6-11/h2-7,9H,8,10H2,1H3,(H2,21,22)(H,25,28)(H,23,24,26). The smallest absolute Gasteiger partial charge is 0.328 e. The summed E-state index contributed by atoms with van der Waals surface area (Å²) in [6.45, 7) is 0.783. The predicted octanol–water partition coefficient (Wildman–Crippen LogP) is 2.53. The first-order chi connectivity index (χ1) is 14.0. The van der Waals surface area contributed by atoms with Crippen molar-refractivity contribution in [2.45, 2.75) is 13.1 Å². The van der Waals surface area contributed by atoms with Crippen molar-refractivity contribution in [2.24, 2.45) is 0 Å². The van der Waals surface area contributed by atoms with Crippen LogP contribution in [0.25, 0.3) is 11.2 Å². The quantitative estimate of drug-likeness (QED) is 0.407. The summed E-state index contributed by atoms with van der Waals surface area (Å²) in [7, 11) is 1.60. The number of hydrogen-bond donors (Lipinski definition) is 3. The molecule has 9 nitrogen and oxygen atoms in total. The fourth-order valence-electron chi connectivity index (χ4n) is 3.00. The van der Waals surface area contributed by atoms with Crippen LogP contribution in [-0.4, -0.2) is 31.6 Å². The number of nitrogen functional groups attached to an aromatic ring is 1. The Balaban J connectivity index is 1.65. The second-order valence-corrected chi connectivity index (χ2v) is 7.26. The van der Waals surface area contributed by atoms with Gasteiger partial charge in [0.05, 0.1) is 19.9 Å². The van der Waals surface area contributed by atoms with Crippen LogP contribution in [0.2, 0.25) is 0 Å². The van der Waals surface area contributed by atoms with Gasteiger partial charge < -0.3 is 20.8 Å². The largest absolute Gasteiger partial charge is 0.496 e. The molecular formula is C19H18BrN7O2. The van der Waals surface area contributed by atoms with Crippen LogP contribution >= 0.6 is 15.9 Å². The summed E-state index contributed by atoms with van der Waals surface area (Å²) < 4.78 is 7.87. The summed E-state index contributed by atoms with van der Waals surface area (Å²) in [6.07, 6.45) is 3.23. The Morgan fingerprint density at radius 1 is 1.28 bits per heavy atom. The molecule has 148 valence electrons. The zero-order chi connectivity index (χ0) is 20.4. The van der Waals surface area contributed by atoms with E-state index in [1.807, 2.05) is 24.3 Å². The molecule has 3 aromatic heterocycles. The Labute approximate surface area is 174 Å². The minimum atomic E-state index is -0.268. The van der Waals surface area contributed by atoms with E-state index in [-0.39, 0.29) is 5.69 Å². The van der Waals surface area contributed by atoms with Crippen LogP contribution in [0, 0.1) is 0 Å². The lowest BCUT2D eigenvalue weighted by atomic mass is 10.2. The molecule has 0 unspecified atom stereocenters. The number of anilines is 2. The summed E-state index contributed by atoms with van der Waals surface area (Å²) in [4.78, 5) is 28.0. The highest BCUT2D eigenvalue weighted by molar-refractivity contribution is 9.10. The third-order valence-electron chi connectivity index (χ3n) is 4.38. The zero-order valence-corrected chi connectivity index (χ0v) is 17.1. The molecule has 0 saturated heterocycles. The van der Waals surface area contributed by atoms with Crippen molar-refractivity contribution in [2.75, 3.05) is 18.2 Å². The molecule has 4 rings (SSSR count). The van der Waals surface area contributed by atoms with Crippen LogP contribution in [0.15, 0.2) is 52.0 Å². The topological polar surface area (TPSA) is 124 Å². The first-order valence-corrected chi connectivity index (χ1v) is 9.55. The van der Waals surface area contributed by atoms with Gasteiger partial charge in [-0.25, -0.2) is 14.8 Å². The van der Waals surface area contributed by atoms with Crippen LogP contribution in [0.5, 0.6) is 5.75 Å². The van der Waals surface area contributed by atoms with Crippen LogP contribution in [-0.2, 0) is 13.1 Å². The number of H-pyrrole nitrogens is 1. The molecule has 0 aliphatic rings. The number of benzene rings is 1. The number of rotatable bonds is 6. The average molecular weight is 456 g/mol. The Morgan fingerprint density at radius 2 is 2.14 bits per heavy atom. The van der Waals surface area contributed by atoms with Gasteiger partial charge >= 0.3 is 5.69 Å². The maximum Gasteiger partial charge on any atom is 0.328 e. The first-order valence-electron chi connectivity index (χ1n) is 8.76. The maximum atomic E-state index is 12.5. The third-order valence-corrected chi connectivity index (χ3v) is 4.87. The Bertz CT molecular complexity index is 1230. The third kappa shape index (κ3) is 4.06. The van der Waals surface area contributed by atoms with Gasteiger partial charge in [0.25, 0.3) is 0 Å². The summed E-state index contributed by atoms with van der Waals surface area (Å²) in [6, 6.07) is 9.28. The van der Waals surface area contributed by atoms with E-state index in [2.05, 4.69) is 41.2 Å². The van der Waals surface area contributed by atoms with Gasteiger partial charge in [-0.2, -0.15) is 4.98 Å².